The normalized spacial score (nSPS) is 45.6. The fourth-order valence-electron chi connectivity index (χ4n) is 2.63. The molecule has 0 aromatic rings. The molecule has 2 saturated heterocycles. The van der Waals surface area contributed by atoms with E-state index in [1.54, 1.807) is 0 Å². The molecular formula is C10H16N2O. The first kappa shape index (κ1) is 8.98. The minimum Gasteiger partial charge on any atom is -0.388 e. The summed E-state index contributed by atoms with van der Waals surface area (Å²) in [4.78, 5) is 0. The Kier molecular flexibility index (Phi) is 2.05. The van der Waals surface area contributed by atoms with Gasteiger partial charge in [0, 0.05) is 12.1 Å². The van der Waals surface area contributed by atoms with Crippen LogP contribution in [0, 0.1) is 17.2 Å². The summed E-state index contributed by atoms with van der Waals surface area (Å²) in [6.45, 7) is 1.82. The van der Waals surface area contributed by atoms with E-state index in [0.29, 0.717) is 12.1 Å². The van der Waals surface area contributed by atoms with Crippen molar-refractivity contribution < 1.29 is 5.11 Å². The summed E-state index contributed by atoms with van der Waals surface area (Å²) in [5, 5.41) is 22.5. The number of nitrogens with one attached hydrogen (secondary N) is 1. The second-order valence-corrected chi connectivity index (χ2v) is 4.50. The van der Waals surface area contributed by atoms with Crippen LogP contribution in [-0.2, 0) is 0 Å². The van der Waals surface area contributed by atoms with Crippen LogP contribution in [-0.4, -0.2) is 22.8 Å². The highest BCUT2D eigenvalue weighted by molar-refractivity contribution is 5.06. The summed E-state index contributed by atoms with van der Waals surface area (Å²) in [5.74, 6) is -0.238. The van der Waals surface area contributed by atoms with Crippen molar-refractivity contribution in [1.82, 2.24) is 5.32 Å². The zero-order valence-electron chi connectivity index (χ0n) is 7.95. The molecule has 2 aliphatic heterocycles. The number of fused-ring (bicyclic) bond motifs is 2. The van der Waals surface area contributed by atoms with E-state index in [-0.39, 0.29) is 5.92 Å². The number of hydrogen-bond acceptors (Lipinski definition) is 3. The predicted molar refractivity (Wildman–Crippen MR) is 48.9 cm³/mol. The number of hydrogen-bond donors (Lipinski definition) is 2. The van der Waals surface area contributed by atoms with Crippen LogP contribution in [0.5, 0.6) is 0 Å². The van der Waals surface area contributed by atoms with Crippen molar-refractivity contribution >= 4 is 0 Å². The number of nitrogens with zero attached hydrogens (tertiary/aromatic N) is 1. The van der Waals surface area contributed by atoms with E-state index in [1.807, 2.05) is 6.92 Å². The Morgan fingerprint density at radius 3 is 2.46 bits per heavy atom. The highest BCUT2D eigenvalue weighted by atomic mass is 16.3. The second kappa shape index (κ2) is 2.97. The van der Waals surface area contributed by atoms with Gasteiger partial charge in [-0.3, -0.25) is 0 Å². The molecule has 2 rings (SSSR count). The lowest BCUT2D eigenvalue weighted by Crippen LogP contribution is -2.51. The van der Waals surface area contributed by atoms with Gasteiger partial charge in [0.05, 0.1) is 17.6 Å². The Morgan fingerprint density at radius 2 is 2.00 bits per heavy atom. The summed E-state index contributed by atoms with van der Waals surface area (Å²) in [6.07, 6.45) is 3.81. The van der Waals surface area contributed by atoms with Crippen molar-refractivity contribution in [1.29, 1.82) is 5.26 Å². The van der Waals surface area contributed by atoms with Gasteiger partial charge in [0.25, 0.3) is 0 Å². The lowest BCUT2D eigenvalue weighted by atomic mass is 9.79. The van der Waals surface area contributed by atoms with Gasteiger partial charge >= 0.3 is 0 Å². The standard InChI is InChI=1S/C10H16N2O/c1-7(6-11)10(13)4-8-2-3-9(5-10)12-8/h7-9,12-13H,2-5H2,1H3. The molecule has 3 unspecified atom stereocenters. The lowest BCUT2D eigenvalue weighted by Gasteiger charge is -2.38. The van der Waals surface area contributed by atoms with Crippen molar-refractivity contribution in [2.24, 2.45) is 5.92 Å². The topological polar surface area (TPSA) is 56.0 Å². The smallest absolute Gasteiger partial charge is 0.0832 e. The van der Waals surface area contributed by atoms with Crippen LogP contribution in [0.15, 0.2) is 0 Å². The van der Waals surface area contributed by atoms with Gasteiger partial charge in [-0.15, -0.1) is 0 Å². The first-order chi connectivity index (χ1) is 6.14. The number of nitriles is 1. The summed E-state index contributed by atoms with van der Waals surface area (Å²) in [5.41, 5.74) is -0.730. The van der Waals surface area contributed by atoms with Gasteiger partial charge in [0.2, 0.25) is 0 Å². The molecule has 0 radical (unpaired) electrons. The molecule has 2 bridgehead atoms. The zero-order chi connectivity index (χ0) is 9.47. The van der Waals surface area contributed by atoms with E-state index in [9.17, 15) is 5.11 Å². The Balaban J connectivity index is 2.13. The minimum atomic E-state index is -0.730. The van der Waals surface area contributed by atoms with E-state index in [4.69, 9.17) is 5.26 Å². The number of piperidine rings is 1. The van der Waals surface area contributed by atoms with E-state index >= 15 is 0 Å². The Morgan fingerprint density at radius 1 is 1.46 bits per heavy atom. The molecule has 0 aromatic carbocycles. The molecule has 2 aliphatic rings. The molecule has 0 amide bonds. The maximum Gasteiger partial charge on any atom is 0.0832 e. The fourth-order valence-corrected chi connectivity index (χ4v) is 2.63. The third kappa shape index (κ3) is 1.45. The molecule has 0 aliphatic carbocycles. The van der Waals surface area contributed by atoms with Crippen LogP contribution in [0.25, 0.3) is 0 Å². The van der Waals surface area contributed by atoms with Gasteiger partial charge in [-0.05, 0) is 32.6 Å². The van der Waals surface area contributed by atoms with Crippen LogP contribution in [0.4, 0.5) is 0 Å². The van der Waals surface area contributed by atoms with Crippen molar-refractivity contribution in [3.05, 3.63) is 0 Å². The molecule has 0 saturated carbocycles. The van der Waals surface area contributed by atoms with E-state index in [0.717, 1.165) is 25.7 Å². The molecule has 3 atom stereocenters. The summed E-state index contributed by atoms with van der Waals surface area (Å²) >= 11 is 0. The first-order valence-corrected chi connectivity index (χ1v) is 5.02. The van der Waals surface area contributed by atoms with Crippen LogP contribution >= 0.6 is 0 Å². The quantitative estimate of drug-likeness (QED) is 0.627. The molecular weight excluding hydrogens is 164 g/mol. The van der Waals surface area contributed by atoms with Crippen LogP contribution in [0.2, 0.25) is 0 Å². The summed E-state index contributed by atoms with van der Waals surface area (Å²) < 4.78 is 0. The molecule has 2 fully saturated rings. The molecule has 3 heteroatoms. The third-order valence-corrected chi connectivity index (χ3v) is 3.53. The van der Waals surface area contributed by atoms with Crippen molar-refractivity contribution in [2.75, 3.05) is 0 Å². The van der Waals surface area contributed by atoms with Gasteiger partial charge < -0.3 is 10.4 Å². The predicted octanol–water partition coefficient (Wildman–Crippen LogP) is 0.792. The maximum absolute atomic E-state index is 10.3. The minimum absolute atomic E-state index is 0.238. The van der Waals surface area contributed by atoms with E-state index < -0.39 is 5.60 Å². The largest absolute Gasteiger partial charge is 0.388 e. The van der Waals surface area contributed by atoms with Crippen LogP contribution in [0.3, 0.4) is 0 Å². The molecule has 0 aromatic heterocycles. The van der Waals surface area contributed by atoms with Crippen molar-refractivity contribution in [3.63, 3.8) is 0 Å². The molecule has 3 nitrogen and oxygen atoms in total. The van der Waals surface area contributed by atoms with E-state index in [2.05, 4.69) is 11.4 Å². The van der Waals surface area contributed by atoms with Gasteiger partial charge in [-0.25, -0.2) is 0 Å². The highest BCUT2D eigenvalue weighted by Crippen LogP contribution is 2.38. The van der Waals surface area contributed by atoms with Gasteiger partial charge in [0.15, 0.2) is 0 Å². The number of aliphatic hydroxyl groups is 1. The molecule has 72 valence electrons. The molecule has 2 heterocycles. The first-order valence-electron chi connectivity index (χ1n) is 5.02. The molecule has 0 spiro atoms. The highest BCUT2D eigenvalue weighted by Gasteiger charge is 2.45. The molecule has 13 heavy (non-hydrogen) atoms. The monoisotopic (exact) mass is 180 g/mol. The maximum atomic E-state index is 10.3. The van der Waals surface area contributed by atoms with Crippen molar-refractivity contribution in [2.45, 2.75) is 50.3 Å². The zero-order valence-corrected chi connectivity index (χ0v) is 7.95. The summed E-state index contributed by atoms with van der Waals surface area (Å²) in [6, 6.07) is 3.05. The van der Waals surface area contributed by atoms with E-state index in [1.165, 1.54) is 0 Å². The number of rotatable bonds is 1. The van der Waals surface area contributed by atoms with Crippen molar-refractivity contribution in [3.8, 4) is 6.07 Å². The van der Waals surface area contributed by atoms with Gasteiger partial charge in [-0.1, -0.05) is 0 Å². The van der Waals surface area contributed by atoms with Crippen LogP contribution in [0.1, 0.15) is 32.6 Å². The summed E-state index contributed by atoms with van der Waals surface area (Å²) in [7, 11) is 0. The fraction of sp³-hybridized carbons (Fsp3) is 0.900. The van der Waals surface area contributed by atoms with Gasteiger partial charge in [-0.2, -0.15) is 5.26 Å². The SMILES string of the molecule is CC(C#N)C1(O)CC2CCC(C1)N2. The average Bonchev–Trinajstić information content (AvgIpc) is 2.44. The third-order valence-electron chi connectivity index (χ3n) is 3.53. The average molecular weight is 180 g/mol. The Hall–Kier alpha value is -0.590. The Bertz CT molecular complexity index is 234. The second-order valence-electron chi connectivity index (χ2n) is 4.50. The molecule has 2 N–H and O–H groups in total. The Labute approximate surface area is 78.7 Å². The van der Waals surface area contributed by atoms with Gasteiger partial charge in [0.1, 0.15) is 0 Å². The van der Waals surface area contributed by atoms with Crippen LogP contribution < -0.4 is 5.32 Å². The lowest BCUT2D eigenvalue weighted by molar-refractivity contribution is -0.0342.